The van der Waals surface area contributed by atoms with Gasteiger partial charge in [-0.05, 0) is 32.9 Å². The molecule has 0 unspecified atom stereocenters. The van der Waals surface area contributed by atoms with E-state index in [9.17, 15) is 4.79 Å². The second-order valence-electron chi connectivity index (χ2n) is 4.22. The highest BCUT2D eigenvalue weighted by Crippen LogP contribution is 2.29. The number of anilines is 1. The van der Waals surface area contributed by atoms with Gasteiger partial charge in [-0.25, -0.2) is 4.98 Å². The fourth-order valence-electron chi connectivity index (χ4n) is 1.77. The molecular weight excluding hydrogens is 272 g/mol. The highest BCUT2D eigenvalue weighted by molar-refractivity contribution is 6.02. The molecule has 0 radical (unpaired) electrons. The Hall–Kier alpha value is -2.57. The molecule has 1 aromatic carbocycles. The first-order chi connectivity index (χ1) is 10.1. The molecule has 21 heavy (non-hydrogen) atoms. The summed E-state index contributed by atoms with van der Waals surface area (Å²) >= 11 is 0. The molecule has 0 aliphatic carbocycles. The van der Waals surface area contributed by atoms with E-state index in [0.717, 1.165) is 0 Å². The first-order valence-corrected chi connectivity index (χ1v) is 6.74. The van der Waals surface area contributed by atoms with Crippen LogP contribution in [0.15, 0.2) is 18.2 Å². The average Bonchev–Trinajstić information content (AvgIpc) is 2.89. The molecule has 2 N–H and O–H groups in total. The molecule has 0 saturated carbocycles. The zero-order chi connectivity index (χ0) is 15.2. The SMILES string of the molecule is CCOc1ccc(OCC)c(NC(=O)c2n[nH]c(C)n2)c1. The summed E-state index contributed by atoms with van der Waals surface area (Å²) in [6.45, 7) is 6.54. The molecule has 2 rings (SSSR count). The number of benzene rings is 1. The standard InChI is InChI=1S/C14H18N4O3/c1-4-20-10-6-7-12(21-5-2)11(8-10)16-14(19)13-15-9(3)17-18-13/h6-8H,4-5H2,1-3H3,(H,16,19)(H,15,17,18). The lowest BCUT2D eigenvalue weighted by Gasteiger charge is -2.12. The van der Waals surface area contributed by atoms with Gasteiger partial charge in [0.15, 0.2) is 0 Å². The Labute approximate surface area is 122 Å². The Balaban J connectivity index is 2.23. The molecule has 112 valence electrons. The molecule has 0 aliphatic rings. The molecule has 0 spiro atoms. The van der Waals surface area contributed by atoms with Crippen LogP contribution >= 0.6 is 0 Å². The number of carbonyl (C=O) groups is 1. The minimum Gasteiger partial charge on any atom is -0.494 e. The van der Waals surface area contributed by atoms with Gasteiger partial charge in [-0.2, -0.15) is 0 Å². The van der Waals surface area contributed by atoms with Gasteiger partial charge in [-0.3, -0.25) is 9.89 Å². The van der Waals surface area contributed by atoms with E-state index >= 15 is 0 Å². The molecule has 1 heterocycles. The lowest BCUT2D eigenvalue weighted by molar-refractivity contribution is 0.101. The predicted octanol–water partition coefficient (Wildman–Crippen LogP) is 2.16. The van der Waals surface area contributed by atoms with Crippen LogP contribution in [0.25, 0.3) is 0 Å². The van der Waals surface area contributed by atoms with Gasteiger partial charge in [0.1, 0.15) is 17.3 Å². The van der Waals surface area contributed by atoms with E-state index in [1.165, 1.54) is 0 Å². The minimum absolute atomic E-state index is 0.0803. The number of aryl methyl sites for hydroxylation is 1. The Bertz CT molecular complexity index is 624. The highest BCUT2D eigenvalue weighted by atomic mass is 16.5. The number of aromatic amines is 1. The molecule has 0 atom stereocenters. The minimum atomic E-state index is -0.408. The van der Waals surface area contributed by atoms with E-state index in [-0.39, 0.29) is 5.82 Å². The molecule has 1 amide bonds. The second-order valence-corrected chi connectivity index (χ2v) is 4.22. The van der Waals surface area contributed by atoms with Gasteiger partial charge >= 0.3 is 0 Å². The van der Waals surface area contributed by atoms with Crippen molar-refractivity contribution in [3.63, 3.8) is 0 Å². The van der Waals surface area contributed by atoms with E-state index in [1.54, 1.807) is 25.1 Å². The van der Waals surface area contributed by atoms with Crippen molar-refractivity contribution < 1.29 is 14.3 Å². The fraction of sp³-hybridized carbons (Fsp3) is 0.357. The van der Waals surface area contributed by atoms with Gasteiger partial charge < -0.3 is 14.8 Å². The van der Waals surface area contributed by atoms with Crippen LogP contribution in [-0.2, 0) is 0 Å². The average molecular weight is 290 g/mol. The molecule has 0 fully saturated rings. The Kier molecular flexibility index (Phi) is 4.76. The van der Waals surface area contributed by atoms with Crippen molar-refractivity contribution >= 4 is 11.6 Å². The van der Waals surface area contributed by atoms with E-state index in [0.29, 0.717) is 36.2 Å². The van der Waals surface area contributed by atoms with Crippen LogP contribution in [0.4, 0.5) is 5.69 Å². The van der Waals surface area contributed by atoms with Crippen molar-refractivity contribution in [1.29, 1.82) is 0 Å². The first-order valence-electron chi connectivity index (χ1n) is 6.74. The van der Waals surface area contributed by atoms with Crippen LogP contribution in [0.1, 0.15) is 30.3 Å². The third kappa shape index (κ3) is 3.71. The third-order valence-electron chi connectivity index (χ3n) is 2.61. The topological polar surface area (TPSA) is 89.1 Å². The number of nitrogens with one attached hydrogen (secondary N) is 2. The summed E-state index contributed by atoms with van der Waals surface area (Å²) in [6.07, 6.45) is 0. The molecule has 0 bridgehead atoms. The monoisotopic (exact) mass is 290 g/mol. The third-order valence-corrected chi connectivity index (χ3v) is 2.61. The van der Waals surface area contributed by atoms with Crippen LogP contribution < -0.4 is 14.8 Å². The molecule has 1 aromatic heterocycles. The van der Waals surface area contributed by atoms with Crippen molar-refractivity contribution in [3.05, 3.63) is 29.8 Å². The van der Waals surface area contributed by atoms with Gasteiger partial charge in [0.2, 0.25) is 5.82 Å². The maximum absolute atomic E-state index is 12.1. The zero-order valence-electron chi connectivity index (χ0n) is 12.3. The number of H-pyrrole nitrogens is 1. The summed E-state index contributed by atoms with van der Waals surface area (Å²) in [5.41, 5.74) is 0.523. The summed E-state index contributed by atoms with van der Waals surface area (Å²) in [6, 6.07) is 5.26. The molecule has 2 aromatic rings. The number of amides is 1. The number of aromatic nitrogens is 3. The van der Waals surface area contributed by atoms with Crippen LogP contribution in [0, 0.1) is 6.92 Å². The summed E-state index contributed by atoms with van der Waals surface area (Å²) in [5.74, 6) is 1.47. The van der Waals surface area contributed by atoms with Crippen molar-refractivity contribution in [2.45, 2.75) is 20.8 Å². The van der Waals surface area contributed by atoms with Crippen LogP contribution in [0.2, 0.25) is 0 Å². The fourth-order valence-corrected chi connectivity index (χ4v) is 1.77. The number of rotatable bonds is 6. The number of hydrogen-bond acceptors (Lipinski definition) is 5. The van der Waals surface area contributed by atoms with Crippen molar-refractivity contribution in [2.24, 2.45) is 0 Å². The normalized spacial score (nSPS) is 10.2. The molecule has 0 aliphatic heterocycles. The van der Waals surface area contributed by atoms with E-state index < -0.39 is 5.91 Å². The van der Waals surface area contributed by atoms with E-state index in [2.05, 4.69) is 20.5 Å². The number of hydrogen-bond donors (Lipinski definition) is 2. The summed E-state index contributed by atoms with van der Waals surface area (Å²) in [4.78, 5) is 16.1. The smallest absolute Gasteiger partial charge is 0.295 e. The lowest BCUT2D eigenvalue weighted by atomic mass is 10.2. The van der Waals surface area contributed by atoms with E-state index in [4.69, 9.17) is 9.47 Å². The quantitative estimate of drug-likeness (QED) is 0.851. The summed E-state index contributed by atoms with van der Waals surface area (Å²) < 4.78 is 10.9. The molecule has 7 nitrogen and oxygen atoms in total. The maximum atomic E-state index is 12.1. The van der Waals surface area contributed by atoms with Crippen molar-refractivity contribution in [3.8, 4) is 11.5 Å². The van der Waals surface area contributed by atoms with Gasteiger partial charge in [-0.15, -0.1) is 5.10 Å². The summed E-state index contributed by atoms with van der Waals surface area (Å²) in [7, 11) is 0. The lowest BCUT2D eigenvalue weighted by Crippen LogP contribution is -2.15. The second kappa shape index (κ2) is 6.74. The Morgan fingerprint density at radius 2 is 2.05 bits per heavy atom. The van der Waals surface area contributed by atoms with Crippen LogP contribution in [0.3, 0.4) is 0 Å². The number of carbonyl (C=O) groups excluding carboxylic acids is 1. The number of nitrogens with zero attached hydrogens (tertiary/aromatic N) is 2. The van der Waals surface area contributed by atoms with Crippen LogP contribution in [0.5, 0.6) is 11.5 Å². The number of ether oxygens (including phenoxy) is 2. The highest BCUT2D eigenvalue weighted by Gasteiger charge is 2.14. The van der Waals surface area contributed by atoms with Crippen molar-refractivity contribution in [2.75, 3.05) is 18.5 Å². The predicted molar refractivity (Wildman–Crippen MR) is 77.9 cm³/mol. The molecular formula is C14H18N4O3. The van der Waals surface area contributed by atoms with Gasteiger partial charge in [0.05, 0.1) is 18.9 Å². The van der Waals surface area contributed by atoms with Gasteiger partial charge in [0.25, 0.3) is 5.91 Å². The van der Waals surface area contributed by atoms with E-state index in [1.807, 2.05) is 13.8 Å². The molecule has 7 heteroatoms. The van der Waals surface area contributed by atoms with Crippen LogP contribution in [-0.4, -0.2) is 34.3 Å². The van der Waals surface area contributed by atoms with Gasteiger partial charge in [-0.1, -0.05) is 0 Å². The molecule has 0 saturated heterocycles. The summed E-state index contributed by atoms with van der Waals surface area (Å²) in [5, 5.41) is 9.19. The largest absolute Gasteiger partial charge is 0.494 e. The van der Waals surface area contributed by atoms with Gasteiger partial charge in [0, 0.05) is 6.07 Å². The Morgan fingerprint density at radius 3 is 2.67 bits per heavy atom. The first kappa shape index (κ1) is 14.8. The maximum Gasteiger partial charge on any atom is 0.295 e. The Morgan fingerprint density at radius 1 is 1.29 bits per heavy atom. The van der Waals surface area contributed by atoms with Crippen molar-refractivity contribution in [1.82, 2.24) is 15.2 Å². The zero-order valence-corrected chi connectivity index (χ0v) is 12.3.